The van der Waals surface area contributed by atoms with Crippen LogP contribution in [0.1, 0.15) is 29.8 Å². The quantitative estimate of drug-likeness (QED) is 0.878. The molecule has 4 heteroatoms. The molecule has 0 saturated heterocycles. The molecule has 1 N–H and O–H groups in total. The summed E-state index contributed by atoms with van der Waals surface area (Å²) in [6.45, 7) is 3.87. The van der Waals surface area contributed by atoms with Crippen LogP contribution in [0.4, 0.5) is 0 Å². The molecule has 20 heavy (non-hydrogen) atoms. The molecule has 2 nitrogen and oxygen atoms in total. The number of hydrogen-bond donors (Lipinski definition) is 1. The number of benzene rings is 2. The first-order valence-corrected chi connectivity index (χ1v) is 6.98. The van der Waals surface area contributed by atoms with E-state index in [0.717, 1.165) is 5.56 Å². The van der Waals surface area contributed by atoms with Crippen molar-refractivity contribution in [1.82, 2.24) is 5.32 Å². The fourth-order valence-electron chi connectivity index (χ4n) is 1.91. The van der Waals surface area contributed by atoms with Crippen molar-refractivity contribution >= 4 is 29.1 Å². The molecular formula is C16H15Cl2NO. The van der Waals surface area contributed by atoms with E-state index < -0.39 is 5.54 Å². The summed E-state index contributed by atoms with van der Waals surface area (Å²) in [6, 6.07) is 14.3. The molecule has 0 aromatic heterocycles. The zero-order valence-corrected chi connectivity index (χ0v) is 12.8. The number of hydrogen-bond acceptors (Lipinski definition) is 1. The van der Waals surface area contributed by atoms with E-state index in [1.54, 1.807) is 24.3 Å². The molecule has 0 aliphatic rings. The van der Waals surface area contributed by atoms with Crippen molar-refractivity contribution in [3.8, 4) is 0 Å². The Morgan fingerprint density at radius 1 is 1.00 bits per heavy atom. The lowest BCUT2D eigenvalue weighted by Gasteiger charge is -2.27. The average molecular weight is 308 g/mol. The minimum absolute atomic E-state index is 0.147. The molecule has 0 atom stereocenters. The molecule has 0 aliphatic heterocycles. The molecule has 0 saturated carbocycles. The molecule has 104 valence electrons. The van der Waals surface area contributed by atoms with Crippen molar-refractivity contribution in [1.29, 1.82) is 0 Å². The number of carbonyl (C=O) groups is 1. The van der Waals surface area contributed by atoms with Gasteiger partial charge in [-0.2, -0.15) is 0 Å². The summed E-state index contributed by atoms with van der Waals surface area (Å²) < 4.78 is 0. The lowest BCUT2D eigenvalue weighted by Crippen LogP contribution is -2.40. The zero-order valence-electron chi connectivity index (χ0n) is 11.3. The van der Waals surface area contributed by atoms with Gasteiger partial charge in [-0.15, -0.1) is 0 Å². The van der Waals surface area contributed by atoms with Crippen LogP contribution in [0.2, 0.25) is 10.0 Å². The van der Waals surface area contributed by atoms with E-state index in [2.05, 4.69) is 5.32 Å². The first-order valence-electron chi connectivity index (χ1n) is 6.22. The SMILES string of the molecule is CC(C)(NC(=O)c1ccc(Cl)cc1)c1cccc(Cl)c1. The summed E-state index contributed by atoms with van der Waals surface area (Å²) in [5.41, 5.74) is 1.01. The largest absolute Gasteiger partial charge is 0.343 e. The van der Waals surface area contributed by atoms with E-state index in [1.165, 1.54) is 0 Å². The van der Waals surface area contributed by atoms with Crippen LogP contribution >= 0.6 is 23.2 Å². The second-order valence-corrected chi connectivity index (χ2v) is 5.97. The van der Waals surface area contributed by atoms with E-state index in [-0.39, 0.29) is 5.91 Å². The third-order valence-electron chi connectivity index (χ3n) is 3.08. The van der Waals surface area contributed by atoms with Crippen LogP contribution in [0.15, 0.2) is 48.5 Å². The molecule has 2 aromatic carbocycles. The first kappa shape index (κ1) is 14.9. The average Bonchev–Trinajstić information content (AvgIpc) is 2.39. The van der Waals surface area contributed by atoms with Crippen molar-refractivity contribution in [3.63, 3.8) is 0 Å². The number of carbonyl (C=O) groups excluding carboxylic acids is 1. The summed E-state index contributed by atoms with van der Waals surface area (Å²) in [5.74, 6) is -0.147. The fraction of sp³-hybridized carbons (Fsp3) is 0.188. The highest BCUT2D eigenvalue weighted by Crippen LogP contribution is 2.23. The van der Waals surface area contributed by atoms with Gasteiger partial charge >= 0.3 is 0 Å². The first-order chi connectivity index (χ1) is 9.38. The summed E-state index contributed by atoms with van der Waals surface area (Å²) >= 11 is 11.8. The van der Waals surface area contributed by atoms with E-state index in [0.29, 0.717) is 15.6 Å². The normalized spacial score (nSPS) is 11.2. The van der Waals surface area contributed by atoms with Crippen LogP contribution in [-0.4, -0.2) is 5.91 Å². The minimum atomic E-state index is -0.512. The van der Waals surface area contributed by atoms with Gasteiger partial charge in [-0.25, -0.2) is 0 Å². The molecular weight excluding hydrogens is 293 g/mol. The van der Waals surface area contributed by atoms with Crippen LogP contribution in [0.3, 0.4) is 0 Å². The van der Waals surface area contributed by atoms with Gasteiger partial charge in [0.15, 0.2) is 0 Å². The molecule has 0 bridgehead atoms. The van der Waals surface area contributed by atoms with Gasteiger partial charge in [0.2, 0.25) is 0 Å². The highest BCUT2D eigenvalue weighted by atomic mass is 35.5. The molecule has 1 amide bonds. The maximum Gasteiger partial charge on any atom is 0.251 e. The van der Waals surface area contributed by atoms with Crippen LogP contribution in [0.5, 0.6) is 0 Å². The van der Waals surface area contributed by atoms with Crippen LogP contribution in [-0.2, 0) is 5.54 Å². The predicted octanol–water partition coefficient (Wildman–Crippen LogP) is 4.66. The molecule has 0 radical (unpaired) electrons. The molecule has 0 aliphatic carbocycles. The standard InChI is InChI=1S/C16H15Cl2NO/c1-16(2,12-4-3-5-14(18)10-12)19-15(20)11-6-8-13(17)9-7-11/h3-10H,1-2H3,(H,19,20). The van der Waals surface area contributed by atoms with Gasteiger partial charge in [0.25, 0.3) is 5.91 Å². The highest BCUT2D eigenvalue weighted by Gasteiger charge is 2.23. The van der Waals surface area contributed by atoms with Crippen LogP contribution in [0.25, 0.3) is 0 Å². The Morgan fingerprint density at radius 3 is 2.25 bits per heavy atom. The number of rotatable bonds is 3. The van der Waals surface area contributed by atoms with E-state index in [4.69, 9.17) is 23.2 Å². The third-order valence-corrected chi connectivity index (χ3v) is 3.57. The van der Waals surface area contributed by atoms with Gasteiger partial charge in [0.05, 0.1) is 5.54 Å². The fourth-order valence-corrected chi connectivity index (χ4v) is 2.22. The summed E-state index contributed by atoms with van der Waals surface area (Å²) in [5, 5.41) is 4.25. The van der Waals surface area contributed by atoms with Gasteiger partial charge < -0.3 is 5.32 Å². The van der Waals surface area contributed by atoms with E-state index >= 15 is 0 Å². The summed E-state index contributed by atoms with van der Waals surface area (Å²) in [4.78, 5) is 12.2. The monoisotopic (exact) mass is 307 g/mol. The van der Waals surface area contributed by atoms with Crippen molar-refractivity contribution in [2.24, 2.45) is 0 Å². The van der Waals surface area contributed by atoms with Gasteiger partial charge in [-0.3, -0.25) is 4.79 Å². The topological polar surface area (TPSA) is 29.1 Å². The van der Waals surface area contributed by atoms with Crippen molar-refractivity contribution < 1.29 is 4.79 Å². The van der Waals surface area contributed by atoms with Gasteiger partial charge in [0, 0.05) is 15.6 Å². The zero-order chi connectivity index (χ0) is 14.8. The number of halogens is 2. The third kappa shape index (κ3) is 3.53. The Bertz CT molecular complexity index is 621. The van der Waals surface area contributed by atoms with Crippen LogP contribution < -0.4 is 5.32 Å². The molecule has 0 spiro atoms. The second-order valence-electron chi connectivity index (χ2n) is 5.10. The minimum Gasteiger partial charge on any atom is -0.343 e. The summed E-state index contributed by atoms with van der Waals surface area (Å²) in [7, 11) is 0. The molecule has 0 unspecified atom stereocenters. The van der Waals surface area contributed by atoms with Gasteiger partial charge in [0.1, 0.15) is 0 Å². The van der Waals surface area contributed by atoms with E-state index in [1.807, 2.05) is 38.1 Å². The highest BCUT2D eigenvalue weighted by molar-refractivity contribution is 6.31. The Morgan fingerprint density at radius 2 is 1.65 bits per heavy atom. The van der Waals surface area contributed by atoms with Crippen LogP contribution in [0, 0.1) is 0 Å². The van der Waals surface area contributed by atoms with Crippen molar-refractivity contribution in [2.75, 3.05) is 0 Å². The lowest BCUT2D eigenvalue weighted by molar-refractivity contribution is 0.0912. The summed E-state index contributed by atoms with van der Waals surface area (Å²) in [6.07, 6.45) is 0. The maximum absolute atomic E-state index is 12.2. The molecule has 0 fully saturated rings. The van der Waals surface area contributed by atoms with Crippen molar-refractivity contribution in [3.05, 3.63) is 69.7 Å². The predicted molar refractivity (Wildman–Crippen MR) is 83.4 cm³/mol. The second kappa shape index (κ2) is 5.86. The lowest BCUT2D eigenvalue weighted by atomic mass is 9.94. The van der Waals surface area contributed by atoms with Crippen molar-refractivity contribution in [2.45, 2.75) is 19.4 Å². The number of amides is 1. The Kier molecular flexibility index (Phi) is 4.36. The smallest absolute Gasteiger partial charge is 0.251 e. The molecule has 2 aromatic rings. The Hall–Kier alpha value is -1.51. The van der Waals surface area contributed by atoms with E-state index in [9.17, 15) is 4.79 Å². The van der Waals surface area contributed by atoms with Gasteiger partial charge in [-0.05, 0) is 55.8 Å². The van der Waals surface area contributed by atoms with Gasteiger partial charge in [-0.1, -0.05) is 35.3 Å². The molecule has 2 rings (SSSR count). The number of nitrogens with one attached hydrogen (secondary N) is 1. The molecule has 0 heterocycles. The Labute approximate surface area is 128 Å². The maximum atomic E-state index is 12.2. The Balaban J connectivity index is 2.19.